The number of aromatic nitrogens is 2. The molecule has 1 N–H and O–H groups in total. The number of nitrogens with one attached hydrogen (secondary N) is 1. The topological polar surface area (TPSA) is 103 Å². The molecule has 0 spiro atoms. The van der Waals surface area contributed by atoms with Crippen LogP contribution in [0.25, 0.3) is 0 Å². The molecule has 5 rings (SSSR count). The molecule has 0 amide bonds. The fourth-order valence-electron chi connectivity index (χ4n) is 5.08. The number of anilines is 1. The summed E-state index contributed by atoms with van der Waals surface area (Å²) >= 11 is 6.41. The summed E-state index contributed by atoms with van der Waals surface area (Å²) in [7, 11) is -2.24. The third kappa shape index (κ3) is 5.27. The maximum Gasteiger partial charge on any atom is 0.287 e. The number of halogens is 1. The van der Waals surface area contributed by atoms with E-state index in [9.17, 15) is 13.2 Å². The Morgan fingerprint density at radius 2 is 1.97 bits per heavy atom. The quantitative estimate of drug-likeness (QED) is 0.549. The predicted molar refractivity (Wildman–Crippen MR) is 138 cm³/mol. The molecular weight excluding hydrogens is 504 g/mol. The van der Waals surface area contributed by atoms with Crippen LogP contribution in [0.5, 0.6) is 5.75 Å². The van der Waals surface area contributed by atoms with Crippen molar-refractivity contribution in [3.05, 3.63) is 45.3 Å². The molecule has 0 unspecified atom stereocenters. The highest BCUT2D eigenvalue weighted by Crippen LogP contribution is 2.42. The monoisotopic (exact) mass is 536 g/mol. The molecule has 1 aliphatic carbocycles. The van der Waals surface area contributed by atoms with E-state index in [2.05, 4.69) is 10.4 Å². The van der Waals surface area contributed by atoms with Gasteiger partial charge in [0.25, 0.3) is 5.56 Å². The van der Waals surface area contributed by atoms with Gasteiger partial charge < -0.3 is 14.8 Å². The maximum absolute atomic E-state index is 13.5. The number of benzene rings is 1. The molecule has 0 radical (unpaired) electrons. The van der Waals surface area contributed by atoms with Gasteiger partial charge in [-0.1, -0.05) is 17.7 Å². The normalized spacial score (nSPS) is 21.9. The highest BCUT2D eigenvalue weighted by molar-refractivity contribution is 7.89. The van der Waals surface area contributed by atoms with Crippen LogP contribution in [-0.2, 0) is 14.8 Å². The van der Waals surface area contributed by atoms with Crippen molar-refractivity contribution >= 4 is 27.3 Å². The Bertz CT molecular complexity index is 1250. The number of piperidine rings is 1. The van der Waals surface area contributed by atoms with Gasteiger partial charge >= 0.3 is 0 Å². The molecular formula is C25H33ClN4O5S. The van der Waals surface area contributed by atoms with E-state index >= 15 is 0 Å². The van der Waals surface area contributed by atoms with Gasteiger partial charge in [-0.3, -0.25) is 4.79 Å². The first kappa shape index (κ1) is 25.5. The van der Waals surface area contributed by atoms with Gasteiger partial charge in [-0.2, -0.15) is 9.40 Å². The van der Waals surface area contributed by atoms with Gasteiger partial charge in [0.2, 0.25) is 10.0 Å². The number of hydrogen-bond acceptors (Lipinski definition) is 7. The average molecular weight is 537 g/mol. The molecule has 3 fully saturated rings. The zero-order valence-electron chi connectivity index (χ0n) is 20.5. The molecule has 196 valence electrons. The van der Waals surface area contributed by atoms with Crippen LogP contribution in [0.1, 0.15) is 56.0 Å². The SMILES string of the molecule is COc1ccc(C2CC2)cc1S(=O)(=O)N1CCC(n2ncc(NC[C@H]3CCCOC3)c(Cl)c2=O)CC1. The van der Waals surface area contributed by atoms with E-state index in [1.54, 1.807) is 18.3 Å². The minimum atomic E-state index is -3.73. The molecule has 9 nitrogen and oxygen atoms in total. The molecule has 1 aromatic heterocycles. The van der Waals surface area contributed by atoms with E-state index in [1.807, 2.05) is 6.07 Å². The van der Waals surface area contributed by atoms with Crippen molar-refractivity contribution in [2.24, 2.45) is 5.92 Å². The highest BCUT2D eigenvalue weighted by Gasteiger charge is 2.34. The fourth-order valence-corrected chi connectivity index (χ4v) is 6.95. The van der Waals surface area contributed by atoms with Crippen molar-refractivity contribution in [3.8, 4) is 5.75 Å². The molecule has 1 aromatic carbocycles. The lowest BCUT2D eigenvalue weighted by Gasteiger charge is -2.32. The number of sulfonamides is 1. The van der Waals surface area contributed by atoms with Gasteiger partial charge in [0.05, 0.1) is 31.6 Å². The maximum atomic E-state index is 13.5. The van der Waals surface area contributed by atoms with Crippen LogP contribution >= 0.6 is 11.6 Å². The molecule has 11 heteroatoms. The lowest BCUT2D eigenvalue weighted by atomic mass is 10.0. The number of ether oxygens (including phenoxy) is 2. The molecule has 1 atom stereocenters. The minimum absolute atomic E-state index is 0.110. The van der Waals surface area contributed by atoms with Crippen LogP contribution < -0.4 is 15.6 Å². The second-order valence-corrected chi connectivity index (χ2v) is 12.2. The first-order valence-electron chi connectivity index (χ1n) is 12.7. The second-order valence-electron chi connectivity index (χ2n) is 9.91. The first-order valence-corrected chi connectivity index (χ1v) is 14.5. The van der Waals surface area contributed by atoms with Gasteiger partial charge in [0.1, 0.15) is 15.7 Å². The van der Waals surface area contributed by atoms with E-state index in [1.165, 1.54) is 16.1 Å². The van der Waals surface area contributed by atoms with Crippen molar-refractivity contribution in [1.82, 2.24) is 14.1 Å². The number of nitrogens with zero attached hydrogens (tertiary/aromatic N) is 3. The van der Waals surface area contributed by atoms with Gasteiger partial charge in [-0.25, -0.2) is 13.1 Å². The summed E-state index contributed by atoms with van der Waals surface area (Å²) in [6.45, 7) is 2.75. The Morgan fingerprint density at radius 3 is 2.64 bits per heavy atom. The zero-order chi connectivity index (χ0) is 25.3. The van der Waals surface area contributed by atoms with E-state index < -0.39 is 10.0 Å². The molecule has 2 aromatic rings. The van der Waals surface area contributed by atoms with Crippen LogP contribution in [0.3, 0.4) is 0 Å². The van der Waals surface area contributed by atoms with Crippen molar-refractivity contribution < 1.29 is 17.9 Å². The summed E-state index contributed by atoms with van der Waals surface area (Å²) in [5, 5.41) is 7.72. The summed E-state index contributed by atoms with van der Waals surface area (Å²) in [6.07, 6.45) is 6.82. The van der Waals surface area contributed by atoms with Crippen LogP contribution in [0.4, 0.5) is 5.69 Å². The number of methoxy groups -OCH3 is 1. The summed E-state index contributed by atoms with van der Waals surface area (Å²) in [5.41, 5.74) is 1.20. The predicted octanol–water partition coefficient (Wildman–Crippen LogP) is 3.65. The summed E-state index contributed by atoms with van der Waals surface area (Å²) in [5.74, 6) is 1.17. The van der Waals surface area contributed by atoms with Crippen molar-refractivity contribution in [1.29, 1.82) is 0 Å². The standard InChI is InChI=1S/C25H33ClN4O5S/c1-34-22-7-6-19(18-4-5-18)13-23(22)36(32,33)29-10-8-20(9-11-29)30-25(31)24(26)21(15-28-30)27-14-17-3-2-12-35-16-17/h6-7,13,15,17-18,20,27H,2-5,8-12,14,16H2,1H3/t17-/m1/s1. The average Bonchev–Trinajstić information content (AvgIpc) is 3.76. The van der Waals surface area contributed by atoms with E-state index in [-0.39, 0.29) is 34.6 Å². The third-order valence-corrected chi connectivity index (χ3v) is 9.69. The lowest BCUT2D eigenvalue weighted by Crippen LogP contribution is -2.41. The van der Waals surface area contributed by atoms with Crippen molar-refractivity contribution in [3.63, 3.8) is 0 Å². The molecule has 3 aliphatic rings. The van der Waals surface area contributed by atoms with Crippen LogP contribution in [0, 0.1) is 5.92 Å². The van der Waals surface area contributed by atoms with Crippen LogP contribution in [0.15, 0.2) is 34.1 Å². The minimum Gasteiger partial charge on any atom is -0.495 e. The molecule has 1 saturated carbocycles. The Hall–Kier alpha value is -2.14. The summed E-state index contributed by atoms with van der Waals surface area (Å²) in [4.78, 5) is 13.2. The second kappa shape index (κ2) is 10.7. The molecule has 0 bridgehead atoms. The van der Waals surface area contributed by atoms with Gasteiger partial charge in [0.15, 0.2) is 0 Å². The zero-order valence-corrected chi connectivity index (χ0v) is 22.1. The number of hydrogen-bond donors (Lipinski definition) is 1. The van der Waals surface area contributed by atoms with Crippen molar-refractivity contribution in [2.75, 3.05) is 45.3 Å². The first-order chi connectivity index (χ1) is 17.4. The van der Waals surface area contributed by atoms with E-state index in [4.69, 9.17) is 21.1 Å². The Morgan fingerprint density at radius 1 is 1.19 bits per heavy atom. The Labute approximate surface area is 216 Å². The smallest absolute Gasteiger partial charge is 0.287 e. The lowest BCUT2D eigenvalue weighted by molar-refractivity contribution is 0.0595. The molecule has 2 saturated heterocycles. The molecule has 3 heterocycles. The van der Waals surface area contributed by atoms with Crippen molar-refractivity contribution in [2.45, 2.75) is 55.4 Å². The van der Waals surface area contributed by atoms with Crippen LogP contribution in [-0.4, -0.2) is 62.5 Å². The van der Waals surface area contributed by atoms with Gasteiger partial charge in [0, 0.05) is 26.2 Å². The number of rotatable bonds is 8. The largest absolute Gasteiger partial charge is 0.495 e. The molecule has 2 aliphatic heterocycles. The summed E-state index contributed by atoms with van der Waals surface area (Å²) in [6, 6.07) is 5.23. The Kier molecular flexibility index (Phi) is 7.57. The van der Waals surface area contributed by atoms with E-state index in [0.717, 1.165) is 37.9 Å². The van der Waals surface area contributed by atoms with Gasteiger partial charge in [-0.05, 0) is 68.1 Å². The van der Waals surface area contributed by atoms with E-state index in [0.29, 0.717) is 49.3 Å². The van der Waals surface area contributed by atoms with Crippen LogP contribution in [0.2, 0.25) is 5.02 Å². The molecule has 36 heavy (non-hydrogen) atoms. The summed E-state index contributed by atoms with van der Waals surface area (Å²) < 4.78 is 40.8. The highest BCUT2D eigenvalue weighted by atomic mass is 35.5. The van der Waals surface area contributed by atoms with Gasteiger partial charge in [-0.15, -0.1) is 0 Å². The Balaban J connectivity index is 1.26. The third-order valence-electron chi connectivity index (χ3n) is 7.40. The fraction of sp³-hybridized carbons (Fsp3) is 0.600.